The van der Waals surface area contributed by atoms with Gasteiger partial charge < -0.3 is 4.89 Å². The Morgan fingerprint density at radius 1 is 1.29 bits per heavy atom. The fraction of sp³-hybridized carbons (Fsp3) is 0.133. The van der Waals surface area contributed by atoms with E-state index in [1.165, 1.54) is 23.5 Å². The highest BCUT2D eigenvalue weighted by atomic mass is 32.2. The summed E-state index contributed by atoms with van der Waals surface area (Å²) in [5.41, 5.74) is 1.63. The summed E-state index contributed by atoms with van der Waals surface area (Å²) in [4.78, 5) is 18.3. The van der Waals surface area contributed by atoms with Crippen molar-refractivity contribution in [2.75, 3.05) is 6.61 Å². The number of rotatable bonds is 4. The summed E-state index contributed by atoms with van der Waals surface area (Å²) in [6.07, 6.45) is 3.27. The van der Waals surface area contributed by atoms with E-state index < -0.39 is 0 Å². The molecule has 6 heteroatoms. The summed E-state index contributed by atoms with van der Waals surface area (Å²) in [5, 5.41) is 9.80. The van der Waals surface area contributed by atoms with Gasteiger partial charge in [0.25, 0.3) is 0 Å². The van der Waals surface area contributed by atoms with Crippen LogP contribution in [0.4, 0.5) is 0 Å². The van der Waals surface area contributed by atoms with Gasteiger partial charge in [0.2, 0.25) is 5.76 Å². The first-order valence-corrected chi connectivity index (χ1v) is 7.29. The third kappa shape index (κ3) is 3.21. The summed E-state index contributed by atoms with van der Waals surface area (Å²) in [6, 6.07) is 12.1. The van der Waals surface area contributed by atoms with Crippen LogP contribution in [0.1, 0.15) is 17.0 Å². The number of nitriles is 1. The second kappa shape index (κ2) is 6.39. The monoisotopic (exact) mass is 297 g/mol. The Bertz CT molecular complexity index is 711. The molecule has 0 spiro atoms. The molecule has 1 aromatic heterocycles. The van der Waals surface area contributed by atoms with E-state index in [4.69, 9.17) is 15.0 Å². The standard InChI is InChI=1S/C15H11N3O2S/c16-8-12-9-17-14(13-6-7-19-20-13)18-15(12)21-10-11-4-2-1-3-5-11/h1-6,9H,7,10H2. The Kier molecular flexibility index (Phi) is 4.15. The van der Waals surface area contributed by atoms with E-state index in [1.807, 2.05) is 30.3 Å². The lowest BCUT2D eigenvalue weighted by Crippen LogP contribution is -1.98. The second-order valence-corrected chi connectivity index (χ2v) is 5.20. The summed E-state index contributed by atoms with van der Waals surface area (Å²) < 4.78 is 0. The van der Waals surface area contributed by atoms with Crippen LogP contribution in [-0.2, 0) is 15.5 Å². The lowest BCUT2D eigenvalue weighted by atomic mass is 10.2. The van der Waals surface area contributed by atoms with Crippen LogP contribution in [0.2, 0.25) is 0 Å². The normalized spacial score (nSPS) is 13.4. The van der Waals surface area contributed by atoms with Gasteiger partial charge in [0.1, 0.15) is 23.3 Å². The SMILES string of the molecule is N#Cc1cnc(C2=CCOO2)nc1SCc1ccccc1. The van der Waals surface area contributed by atoms with Gasteiger partial charge in [-0.3, -0.25) is 0 Å². The molecular formula is C15H11N3O2S. The van der Waals surface area contributed by atoms with E-state index >= 15 is 0 Å². The maximum Gasteiger partial charge on any atom is 0.208 e. The van der Waals surface area contributed by atoms with Crippen molar-refractivity contribution in [3.05, 3.63) is 59.6 Å². The Morgan fingerprint density at radius 3 is 2.86 bits per heavy atom. The molecule has 1 aromatic carbocycles. The molecule has 0 N–H and O–H groups in total. The minimum Gasteiger partial charge on any atom is -0.333 e. The predicted molar refractivity (Wildman–Crippen MR) is 77.8 cm³/mol. The zero-order chi connectivity index (χ0) is 14.5. The van der Waals surface area contributed by atoms with Crippen LogP contribution < -0.4 is 0 Å². The molecule has 2 aromatic rings. The Hall–Kier alpha value is -2.36. The van der Waals surface area contributed by atoms with Crippen molar-refractivity contribution in [3.63, 3.8) is 0 Å². The van der Waals surface area contributed by atoms with Crippen LogP contribution in [-0.4, -0.2) is 16.6 Å². The number of hydrogen-bond acceptors (Lipinski definition) is 6. The molecule has 0 saturated heterocycles. The van der Waals surface area contributed by atoms with Gasteiger partial charge >= 0.3 is 0 Å². The Morgan fingerprint density at radius 2 is 2.14 bits per heavy atom. The molecule has 0 fully saturated rings. The molecule has 0 radical (unpaired) electrons. The lowest BCUT2D eigenvalue weighted by molar-refractivity contribution is -0.209. The van der Waals surface area contributed by atoms with Gasteiger partial charge in [0, 0.05) is 5.75 Å². The summed E-state index contributed by atoms with van der Waals surface area (Å²) in [6.45, 7) is 0.380. The zero-order valence-electron chi connectivity index (χ0n) is 11.0. The number of nitrogens with zero attached hydrogens (tertiary/aromatic N) is 3. The highest BCUT2D eigenvalue weighted by Gasteiger charge is 2.16. The van der Waals surface area contributed by atoms with Gasteiger partial charge in [-0.1, -0.05) is 30.3 Å². The molecule has 21 heavy (non-hydrogen) atoms. The average Bonchev–Trinajstić information content (AvgIpc) is 3.08. The molecule has 5 nitrogen and oxygen atoms in total. The largest absolute Gasteiger partial charge is 0.333 e. The van der Waals surface area contributed by atoms with Crippen molar-refractivity contribution < 1.29 is 9.78 Å². The van der Waals surface area contributed by atoms with Crippen molar-refractivity contribution in [2.24, 2.45) is 0 Å². The Labute approximate surface area is 126 Å². The predicted octanol–water partition coefficient (Wildman–Crippen LogP) is 2.94. The maximum atomic E-state index is 9.16. The third-order valence-electron chi connectivity index (χ3n) is 2.80. The maximum absolute atomic E-state index is 9.16. The molecule has 0 saturated carbocycles. The van der Waals surface area contributed by atoms with Crippen molar-refractivity contribution in [1.29, 1.82) is 5.26 Å². The fourth-order valence-corrected chi connectivity index (χ4v) is 2.67. The summed E-state index contributed by atoms with van der Waals surface area (Å²) >= 11 is 1.50. The molecular weight excluding hydrogens is 286 g/mol. The smallest absolute Gasteiger partial charge is 0.208 e. The molecule has 1 aliphatic heterocycles. The van der Waals surface area contributed by atoms with Gasteiger partial charge in [-0.05, 0) is 11.6 Å². The fourth-order valence-electron chi connectivity index (χ4n) is 1.77. The number of hydrogen-bond donors (Lipinski definition) is 0. The van der Waals surface area contributed by atoms with Crippen molar-refractivity contribution >= 4 is 17.5 Å². The molecule has 3 rings (SSSR count). The molecule has 0 bridgehead atoms. The summed E-state index contributed by atoms with van der Waals surface area (Å²) in [7, 11) is 0. The van der Waals surface area contributed by atoms with Crippen LogP contribution in [0.25, 0.3) is 5.76 Å². The van der Waals surface area contributed by atoms with Gasteiger partial charge in [-0.15, -0.1) is 11.8 Å². The first-order valence-electron chi connectivity index (χ1n) is 6.30. The molecule has 2 heterocycles. The second-order valence-electron chi connectivity index (χ2n) is 4.23. The van der Waals surface area contributed by atoms with Crippen LogP contribution in [0.3, 0.4) is 0 Å². The van der Waals surface area contributed by atoms with Gasteiger partial charge in [0.05, 0.1) is 6.20 Å². The molecule has 0 unspecified atom stereocenters. The lowest BCUT2D eigenvalue weighted by Gasteiger charge is -2.05. The van der Waals surface area contributed by atoms with E-state index in [2.05, 4.69) is 16.0 Å². The third-order valence-corrected chi connectivity index (χ3v) is 3.86. The molecule has 0 aliphatic carbocycles. The van der Waals surface area contributed by atoms with Crippen molar-refractivity contribution in [2.45, 2.75) is 10.8 Å². The van der Waals surface area contributed by atoms with Crippen molar-refractivity contribution in [1.82, 2.24) is 9.97 Å². The van der Waals surface area contributed by atoms with Crippen molar-refractivity contribution in [3.8, 4) is 6.07 Å². The quantitative estimate of drug-likeness (QED) is 0.491. The molecule has 1 aliphatic rings. The van der Waals surface area contributed by atoms with Crippen LogP contribution in [0.15, 0.2) is 47.6 Å². The minimum absolute atomic E-state index is 0.380. The van der Waals surface area contributed by atoms with E-state index in [0.717, 1.165) is 5.75 Å². The van der Waals surface area contributed by atoms with Crippen LogP contribution in [0, 0.1) is 11.3 Å². The van der Waals surface area contributed by atoms with Crippen LogP contribution in [0.5, 0.6) is 0 Å². The van der Waals surface area contributed by atoms with E-state index in [9.17, 15) is 0 Å². The zero-order valence-corrected chi connectivity index (χ0v) is 11.8. The molecule has 0 atom stereocenters. The minimum atomic E-state index is 0.380. The van der Waals surface area contributed by atoms with Gasteiger partial charge in [0.15, 0.2) is 5.82 Å². The Balaban J connectivity index is 1.82. The number of benzene rings is 1. The van der Waals surface area contributed by atoms with E-state index in [-0.39, 0.29) is 0 Å². The molecule has 104 valence electrons. The van der Waals surface area contributed by atoms with E-state index in [0.29, 0.717) is 28.8 Å². The number of aromatic nitrogens is 2. The first kappa shape index (κ1) is 13.6. The summed E-state index contributed by atoms with van der Waals surface area (Å²) in [5.74, 6) is 1.66. The van der Waals surface area contributed by atoms with Crippen LogP contribution >= 0.6 is 11.8 Å². The highest BCUT2D eigenvalue weighted by Crippen LogP contribution is 2.26. The van der Waals surface area contributed by atoms with E-state index in [1.54, 1.807) is 6.08 Å². The average molecular weight is 297 g/mol. The van der Waals surface area contributed by atoms with Gasteiger partial charge in [-0.2, -0.15) is 10.1 Å². The number of thioether (sulfide) groups is 1. The molecule has 0 amide bonds. The highest BCUT2D eigenvalue weighted by molar-refractivity contribution is 7.98. The topological polar surface area (TPSA) is 68.0 Å². The van der Waals surface area contributed by atoms with Gasteiger partial charge in [-0.25, -0.2) is 9.97 Å². The first-order chi connectivity index (χ1) is 10.4.